The summed E-state index contributed by atoms with van der Waals surface area (Å²) in [6, 6.07) is 15.1. The summed E-state index contributed by atoms with van der Waals surface area (Å²) in [4.78, 5) is 14.6. The Morgan fingerprint density at radius 1 is 1.29 bits per heavy atom. The Bertz CT molecular complexity index is 717. The van der Waals surface area contributed by atoms with Gasteiger partial charge in [0.2, 0.25) is 5.91 Å². The summed E-state index contributed by atoms with van der Waals surface area (Å²) in [5.74, 6) is 0.231. The average molecular weight is 325 g/mol. The Balaban J connectivity index is 1.68. The fourth-order valence-electron chi connectivity index (χ4n) is 3.10. The minimum Gasteiger partial charge on any atom is -0.508 e. The number of piperazine rings is 1. The topological polar surface area (TPSA) is 64.6 Å². The fraction of sp³-hybridized carbons (Fsp3) is 0.316. The standard InChI is InChI=1S/C19H23N3O2/c1-14-4-2-6-16(10-14)21-19(24)13-22-9-8-20-12-18(22)15-5-3-7-17(23)11-15/h2-7,10-11,18,20,23H,8-9,12-13H2,1H3,(H,21,24). The van der Waals surface area contributed by atoms with E-state index in [4.69, 9.17) is 0 Å². The average Bonchev–Trinajstić information content (AvgIpc) is 2.55. The van der Waals surface area contributed by atoms with Crippen molar-refractivity contribution in [1.82, 2.24) is 10.2 Å². The molecular weight excluding hydrogens is 302 g/mol. The zero-order valence-electron chi connectivity index (χ0n) is 13.8. The van der Waals surface area contributed by atoms with Crippen molar-refractivity contribution in [1.29, 1.82) is 0 Å². The van der Waals surface area contributed by atoms with Crippen LogP contribution in [0.15, 0.2) is 48.5 Å². The number of rotatable bonds is 4. The largest absolute Gasteiger partial charge is 0.508 e. The van der Waals surface area contributed by atoms with Gasteiger partial charge in [0, 0.05) is 31.4 Å². The fourth-order valence-corrected chi connectivity index (χ4v) is 3.10. The van der Waals surface area contributed by atoms with Crippen molar-refractivity contribution in [2.45, 2.75) is 13.0 Å². The highest BCUT2D eigenvalue weighted by atomic mass is 16.3. The summed E-state index contributed by atoms with van der Waals surface area (Å²) in [5.41, 5.74) is 2.96. The maximum absolute atomic E-state index is 12.4. The highest BCUT2D eigenvalue weighted by Crippen LogP contribution is 2.24. The molecule has 1 saturated heterocycles. The van der Waals surface area contributed by atoms with Crippen molar-refractivity contribution in [2.24, 2.45) is 0 Å². The van der Waals surface area contributed by atoms with Gasteiger partial charge in [0.1, 0.15) is 5.75 Å². The van der Waals surface area contributed by atoms with Gasteiger partial charge in [0.05, 0.1) is 6.54 Å². The summed E-state index contributed by atoms with van der Waals surface area (Å²) in [6.07, 6.45) is 0. The molecule has 1 aliphatic heterocycles. The lowest BCUT2D eigenvalue weighted by Crippen LogP contribution is -2.48. The number of anilines is 1. The number of phenolic OH excluding ortho intramolecular Hbond substituents is 1. The molecule has 3 rings (SSSR count). The maximum atomic E-state index is 12.4. The third-order valence-electron chi connectivity index (χ3n) is 4.26. The van der Waals surface area contributed by atoms with E-state index >= 15 is 0 Å². The van der Waals surface area contributed by atoms with E-state index in [9.17, 15) is 9.90 Å². The molecule has 1 fully saturated rings. The quantitative estimate of drug-likeness (QED) is 0.807. The number of nitrogens with one attached hydrogen (secondary N) is 2. The first-order chi connectivity index (χ1) is 11.6. The molecule has 3 N–H and O–H groups in total. The van der Waals surface area contributed by atoms with Crippen LogP contribution < -0.4 is 10.6 Å². The summed E-state index contributed by atoms with van der Waals surface area (Å²) < 4.78 is 0. The zero-order chi connectivity index (χ0) is 16.9. The van der Waals surface area contributed by atoms with Gasteiger partial charge in [0.15, 0.2) is 0 Å². The predicted octanol–water partition coefficient (Wildman–Crippen LogP) is 2.29. The number of hydrogen-bond donors (Lipinski definition) is 3. The van der Waals surface area contributed by atoms with Crippen LogP contribution in [-0.4, -0.2) is 42.1 Å². The number of amides is 1. The van der Waals surface area contributed by atoms with Gasteiger partial charge < -0.3 is 15.7 Å². The molecule has 0 spiro atoms. The van der Waals surface area contributed by atoms with Gasteiger partial charge in [-0.25, -0.2) is 0 Å². The molecule has 126 valence electrons. The molecule has 1 heterocycles. The van der Waals surface area contributed by atoms with Gasteiger partial charge in [-0.2, -0.15) is 0 Å². The van der Waals surface area contributed by atoms with Crippen LogP contribution in [0.25, 0.3) is 0 Å². The monoisotopic (exact) mass is 325 g/mol. The predicted molar refractivity (Wildman–Crippen MR) is 95.1 cm³/mol. The Kier molecular flexibility index (Phi) is 5.13. The Morgan fingerprint density at radius 2 is 2.12 bits per heavy atom. The molecular formula is C19H23N3O2. The van der Waals surface area contributed by atoms with E-state index in [0.717, 1.165) is 36.4 Å². The SMILES string of the molecule is Cc1cccc(NC(=O)CN2CCNCC2c2cccc(O)c2)c1. The van der Waals surface area contributed by atoms with Gasteiger partial charge >= 0.3 is 0 Å². The smallest absolute Gasteiger partial charge is 0.238 e. The molecule has 5 heteroatoms. The maximum Gasteiger partial charge on any atom is 0.238 e. The second-order valence-corrected chi connectivity index (χ2v) is 6.20. The number of aryl methyl sites for hydroxylation is 1. The summed E-state index contributed by atoms with van der Waals surface area (Å²) in [5, 5.41) is 16.0. The van der Waals surface area contributed by atoms with Crippen LogP contribution in [0.3, 0.4) is 0 Å². The van der Waals surface area contributed by atoms with Crippen LogP contribution in [0.2, 0.25) is 0 Å². The Hall–Kier alpha value is -2.37. The van der Waals surface area contributed by atoms with E-state index in [0.29, 0.717) is 6.54 Å². The number of carbonyl (C=O) groups is 1. The number of carbonyl (C=O) groups excluding carboxylic acids is 1. The number of phenols is 1. The third kappa shape index (κ3) is 4.13. The van der Waals surface area contributed by atoms with Crippen LogP contribution in [0.5, 0.6) is 5.75 Å². The lowest BCUT2D eigenvalue weighted by molar-refractivity contribution is -0.118. The highest BCUT2D eigenvalue weighted by Gasteiger charge is 2.25. The van der Waals surface area contributed by atoms with Crippen molar-refractivity contribution < 1.29 is 9.90 Å². The van der Waals surface area contributed by atoms with Crippen molar-refractivity contribution in [3.8, 4) is 5.75 Å². The molecule has 1 aliphatic rings. The number of benzene rings is 2. The molecule has 24 heavy (non-hydrogen) atoms. The second-order valence-electron chi connectivity index (χ2n) is 6.20. The molecule has 0 radical (unpaired) electrons. The van der Waals surface area contributed by atoms with Gasteiger partial charge in [-0.15, -0.1) is 0 Å². The second kappa shape index (κ2) is 7.47. The van der Waals surface area contributed by atoms with Crippen LogP contribution in [0, 0.1) is 6.92 Å². The van der Waals surface area contributed by atoms with Gasteiger partial charge in [0.25, 0.3) is 0 Å². The molecule has 2 aromatic rings. The first-order valence-corrected chi connectivity index (χ1v) is 8.22. The van der Waals surface area contributed by atoms with E-state index in [-0.39, 0.29) is 17.7 Å². The number of nitrogens with zero attached hydrogens (tertiary/aromatic N) is 1. The van der Waals surface area contributed by atoms with Crippen LogP contribution in [0.4, 0.5) is 5.69 Å². The van der Waals surface area contributed by atoms with E-state index in [1.165, 1.54) is 0 Å². The van der Waals surface area contributed by atoms with Crippen molar-refractivity contribution in [2.75, 3.05) is 31.5 Å². The Morgan fingerprint density at radius 3 is 2.92 bits per heavy atom. The lowest BCUT2D eigenvalue weighted by atomic mass is 10.0. The summed E-state index contributed by atoms with van der Waals surface area (Å²) >= 11 is 0. The Labute approximate surface area is 142 Å². The van der Waals surface area contributed by atoms with E-state index < -0.39 is 0 Å². The molecule has 1 amide bonds. The summed E-state index contributed by atoms with van der Waals surface area (Å²) in [6.45, 7) is 4.75. The molecule has 5 nitrogen and oxygen atoms in total. The van der Waals surface area contributed by atoms with Crippen molar-refractivity contribution in [3.63, 3.8) is 0 Å². The van der Waals surface area contributed by atoms with E-state index in [1.54, 1.807) is 12.1 Å². The third-order valence-corrected chi connectivity index (χ3v) is 4.26. The minimum atomic E-state index is -0.0207. The minimum absolute atomic E-state index is 0.0207. The highest BCUT2D eigenvalue weighted by molar-refractivity contribution is 5.92. The first-order valence-electron chi connectivity index (χ1n) is 8.22. The first kappa shape index (κ1) is 16.5. The van der Waals surface area contributed by atoms with Gasteiger partial charge in [-0.05, 0) is 42.3 Å². The molecule has 0 bridgehead atoms. The molecule has 1 unspecified atom stereocenters. The number of hydrogen-bond acceptors (Lipinski definition) is 4. The van der Waals surface area contributed by atoms with E-state index in [2.05, 4.69) is 15.5 Å². The lowest BCUT2D eigenvalue weighted by Gasteiger charge is -2.36. The zero-order valence-corrected chi connectivity index (χ0v) is 13.8. The number of aromatic hydroxyl groups is 1. The molecule has 2 aromatic carbocycles. The molecule has 1 atom stereocenters. The molecule has 0 saturated carbocycles. The van der Waals surface area contributed by atoms with Crippen LogP contribution in [-0.2, 0) is 4.79 Å². The van der Waals surface area contributed by atoms with Crippen LogP contribution in [0.1, 0.15) is 17.2 Å². The van der Waals surface area contributed by atoms with Gasteiger partial charge in [-0.3, -0.25) is 9.69 Å². The normalized spacial score (nSPS) is 18.3. The van der Waals surface area contributed by atoms with Gasteiger partial charge in [-0.1, -0.05) is 24.3 Å². The van der Waals surface area contributed by atoms with Crippen LogP contribution >= 0.6 is 0 Å². The molecule has 0 aliphatic carbocycles. The molecule has 0 aromatic heterocycles. The van der Waals surface area contributed by atoms with Crippen molar-refractivity contribution >= 4 is 11.6 Å². The summed E-state index contributed by atoms with van der Waals surface area (Å²) in [7, 11) is 0. The van der Waals surface area contributed by atoms with Crippen molar-refractivity contribution in [3.05, 3.63) is 59.7 Å². The van der Waals surface area contributed by atoms with E-state index in [1.807, 2.05) is 43.3 Å².